The van der Waals surface area contributed by atoms with Crippen LogP contribution >= 0.6 is 35.2 Å². The van der Waals surface area contributed by atoms with Gasteiger partial charge in [0.15, 0.2) is 5.11 Å². The highest BCUT2D eigenvalue weighted by Gasteiger charge is 2.19. The van der Waals surface area contributed by atoms with Crippen molar-refractivity contribution in [2.75, 3.05) is 17.7 Å². The largest absolute Gasteiger partial charge is 0.465 e. The number of carbonyl (C=O) groups excluding carboxylic acids is 1. The predicted molar refractivity (Wildman–Crippen MR) is 122 cm³/mol. The average Bonchev–Trinajstić information content (AvgIpc) is 3.18. The van der Waals surface area contributed by atoms with Crippen LogP contribution in [0.3, 0.4) is 0 Å². The van der Waals surface area contributed by atoms with Gasteiger partial charge in [-0.05, 0) is 51.2 Å². The summed E-state index contributed by atoms with van der Waals surface area (Å²) in [5.41, 5.74) is 2.95. The van der Waals surface area contributed by atoms with Crippen LogP contribution in [0.1, 0.15) is 32.2 Å². The molecule has 0 unspecified atom stereocenters. The number of aryl methyl sites for hydroxylation is 2. The Balaban J connectivity index is 1.80. The third kappa shape index (κ3) is 4.63. The number of methoxy groups -OCH3 is 1. The fourth-order valence-electron chi connectivity index (χ4n) is 2.98. The first-order valence-corrected chi connectivity index (χ1v) is 10.5. The van der Waals surface area contributed by atoms with E-state index in [0.29, 0.717) is 37.6 Å². The molecule has 1 aromatic carbocycles. The minimum absolute atomic E-state index is 0.191. The van der Waals surface area contributed by atoms with Crippen LogP contribution in [0.4, 0.5) is 15.1 Å². The molecule has 3 aromatic rings. The van der Waals surface area contributed by atoms with Gasteiger partial charge in [0.1, 0.15) is 10.8 Å². The molecule has 0 aliphatic carbocycles. The summed E-state index contributed by atoms with van der Waals surface area (Å²) in [5, 5.41) is 11.9. The lowest BCUT2D eigenvalue weighted by Gasteiger charge is -2.12. The van der Waals surface area contributed by atoms with Gasteiger partial charge < -0.3 is 15.4 Å². The van der Waals surface area contributed by atoms with Crippen LogP contribution in [0, 0.1) is 26.6 Å². The summed E-state index contributed by atoms with van der Waals surface area (Å²) in [6, 6.07) is 6.32. The van der Waals surface area contributed by atoms with E-state index in [1.165, 1.54) is 24.5 Å². The van der Waals surface area contributed by atoms with E-state index in [0.717, 1.165) is 10.6 Å². The standard InChI is InChI=1S/C20H20ClFN4O2S2/c1-10-8-13(19(27)28-4)18(30-10)24-20(29)23-17-11(2)25-26(12(17)3)9-14-15(21)6-5-7-16(14)22/h5-8H,9H2,1-4H3,(H2,23,24,29). The number of halogens is 2. The normalized spacial score (nSPS) is 10.7. The van der Waals surface area contributed by atoms with Crippen LogP contribution < -0.4 is 10.6 Å². The number of ether oxygens (including phenoxy) is 1. The molecule has 0 amide bonds. The molecule has 0 saturated carbocycles. The molecule has 6 nitrogen and oxygen atoms in total. The van der Waals surface area contributed by atoms with Gasteiger partial charge in [-0.1, -0.05) is 17.7 Å². The lowest BCUT2D eigenvalue weighted by atomic mass is 10.2. The van der Waals surface area contributed by atoms with E-state index in [4.69, 9.17) is 28.6 Å². The molecular formula is C20H20ClFN4O2S2. The van der Waals surface area contributed by atoms with Crippen LogP contribution in [0.25, 0.3) is 0 Å². The first kappa shape index (κ1) is 22.2. The van der Waals surface area contributed by atoms with Gasteiger partial charge in [0.25, 0.3) is 0 Å². The fraction of sp³-hybridized carbons (Fsp3) is 0.250. The smallest absolute Gasteiger partial charge is 0.340 e. The van der Waals surface area contributed by atoms with E-state index >= 15 is 0 Å². The number of carbonyl (C=O) groups is 1. The number of thiophene rings is 1. The second-order valence-corrected chi connectivity index (χ2v) is 8.65. The molecule has 3 rings (SSSR count). The van der Waals surface area contributed by atoms with Gasteiger partial charge in [0.05, 0.1) is 36.3 Å². The minimum atomic E-state index is -0.438. The molecule has 158 valence electrons. The molecule has 0 aliphatic heterocycles. The summed E-state index contributed by atoms with van der Waals surface area (Å²) in [5.74, 6) is -0.822. The van der Waals surface area contributed by atoms with Gasteiger partial charge in [-0.15, -0.1) is 11.3 Å². The fourth-order valence-corrected chi connectivity index (χ4v) is 4.38. The van der Waals surface area contributed by atoms with Crippen molar-refractivity contribution in [3.05, 3.63) is 62.5 Å². The third-order valence-corrected chi connectivity index (χ3v) is 6.00. The molecule has 0 atom stereocenters. The van der Waals surface area contributed by atoms with E-state index < -0.39 is 5.97 Å². The van der Waals surface area contributed by atoms with Gasteiger partial charge in [0.2, 0.25) is 0 Å². The molecule has 2 heterocycles. The summed E-state index contributed by atoms with van der Waals surface area (Å²) in [6.45, 7) is 5.77. The molecular weight excluding hydrogens is 447 g/mol. The van der Waals surface area contributed by atoms with E-state index in [2.05, 4.69) is 15.7 Å². The van der Waals surface area contributed by atoms with Crippen molar-refractivity contribution in [3.63, 3.8) is 0 Å². The summed E-state index contributed by atoms with van der Waals surface area (Å²) in [4.78, 5) is 12.9. The first-order chi connectivity index (χ1) is 14.2. The lowest BCUT2D eigenvalue weighted by Crippen LogP contribution is -2.20. The highest BCUT2D eigenvalue weighted by molar-refractivity contribution is 7.80. The summed E-state index contributed by atoms with van der Waals surface area (Å²) < 4.78 is 20.6. The first-order valence-electron chi connectivity index (χ1n) is 8.95. The molecule has 0 aliphatic rings. The van der Waals surface area contributed by atoms with Crippen molar-refractivity contribution in [2.24, 2.45) is 0 Å². The minimum Gasteiger partial charge on any atom is -0.465 e. The summed E-state index contributed by atoms with van der Waals surface area (Å²) in [6.07, 6.45) is 0. The van der Waals surface area contributed by atoms with Crippen molar-refractivity contribution in [1.29, 1.82) is 0 Å². The van der Waals surface area contributed by atoms with Crippen LogP contribution in [0.15, 0.2) is 24.3 Å². The number of rotatable bonds is 5. The molecule has 30 heavy (non-hydrogen) atoms. The number of anilines is 2. The van der Waals surface area contributed by atoms with E-state index in [-0.39, 0.29) is 12.4 Å². The van der Waals surface area contributed by atoms with Crippen LogP contribution in [-0.2, 0) is 11.3 Å². The number of aromatic nitrogens is 2. The molecule has 0 saturated heterocycles. The van der Waals surface area contributed by atoms with Crippen LogP contribution in [0.5, 0.6) is 0 Å². The highest BCUT2D eigenvalue weighted by atomic mass is 35.5. The quantitative estimate of drug-likeness (QED) is 0.392. The Morgan fingerprint density at radius 1 is 1.33 bits per heavy atom. The SMILES string of the molecule is COC(=O)c1cc(C)sc1NC(=S)Nc1c(C)nn(Cc2c(F)cccc2Cl)c1C. The van der Waals surface area contributed by atoms with Crippen molar-refractivity contribution in [1.82, 2.24) is 9.78 Å². The number of nitrogens with one attached hydrogen (secondary N) is 2. The number of hydrogen-bond donors (Lipinski definition) is 2. The molecule has 2 aromatic heterocycles. The molecule has 0 radical (unpaired) electrons. The number of esters is 1. The maximum atomic E-state index is 14.2. The number of hydrogen-bond acceptors (Lipinski definition) is 5. The molecule has 0 bridgehead atoms. The maximum absolute atomic E-state index is 14.2. The average molecular weight is 467 g/mol. The Bertz CT molecular complexity index is 1110. The predicted octanol–water partition coefficient (Wildman–Crippen LogP) is 5.31. The van der Waals surface area contributed by atoms with Gasteiger partial charge in [-0.2, -0.15) is 5.10 Å². The van der Waals surface area contributed by atoms with Crippen molar-refractivity contribution in [3.8, 4) is 0 Å². The zero-order chi connectivity index (χ0) is 22.0. The molecule has 0 fully saturated rings. The second kappa shape index (κ2) is 9.11. The van der Waals surface area contributed by atoms with Crippen molar-refractivity contribution >= 4 is 56.9 Å². The highest BCUT2D eigenvalue weighted by Crippen LogP contribution is 2.29. The van der Waals surface area contributed by atoms with Crippen LogP contribution in [0.2, 0.25) is 5.02 Å². The Kier molecular flexibility index (Phi) is 6.74. The third-order valence-electron chi connectivity index (χ3n) is 4.48. The number of thiocarbonyl (C=S) groups is 1. The zero-order valence-corrected chi connectivity index (χ0v) is 19.2. The molecule has 0 spiro atoms. The van der Waals surface area contributed by atoms with Gasteiger partial charge >= 0.3 is 5.97 Å². The number of nitrogens with zero attached hydrogens (tertiary/aromatic N) is 2. The van der Waals surface area contributed by atoms with Crippen LogP contribution in [-0.4, -0.2) is 28.0 Å². The number of benzene rings is 1. The Morgan fingerprint density at radius 3 is 2.73 bits per heavy atom. The van der Waals surface area contributed by atoms with Gasteiger partial charge in [0, 0.05) is 15.5 Å². The summed E-state index contributed by atoms with van der Waals surface area (Å²) in [7, 11) is 1.33. The van der Waals surface area contributed by atoms with Crippen molar-refractivity contribution in [2.45, 2.75) is 27.3 Å². The Hall–Kier alpha value is -2.49. The molecule has 10 heteroatoms. The lowest BCUT2D eigenvalue weighted by molar-refractivity contribution is 0.0602. The molecule has 2 N–H and O–H groups in total. The Labute approximate surface area is 188 Å². The van der Waals surface area contributed by atoms with Gasteiger partial charge in [-0.25, -0.2) is 9.18 Å². The van der Waals surface area contributed by atoms with E-state index in [9.17, 15) is 9.18 Å². The zero-order valence-electron chi connectivity index (χ0n) is 16.8. The maximum Gasteiger partial charge on any atom is 0.340 e. The Morgan fingerprint density at radius 2 is 2.07 bits per heavy atom. The topological polar surface area (TPSA) is 68.2 Å². The van der Waals surface area contributed by atoms with E-state index in [1.54, 1.807) is 22.9 Å². The van der Waals surface area contributed by atoms with E-state index in [1.807, 2.05) is 20.8 Å². The van der Waals surface area contributed by atoms with Crippen molar-refractivity contribution < 1.29 is 13.9 Å². The monoisotopic (exact) mass is 466 g/mol. The van der Waals surface area contributed by atoms with Gasteiger partial charge in [-0.3, -0.25) is 4.68 Å². The second-order valence-electron chi connectivity index (χ2n) is 6.57. The summed E-state index contributed by atoms with van der Waals surface area (Å²) >= 11 is 13.0.